The van der Waals surface area contributed by atoms with Gasteiger partial charge in [0.15, 0.2) is 5.11 Å². The normalized spacial score (nSPS) is 10.2. The predicted octanol–water partition coefficient (Wildman–Crippen LogP) is 3.96. The van der Waals surface area contributed by atoms with E-state index in [1.54, 1.807) is 21.0 Å². The number of ether oxygens (including phenoxy) is 1. The van der Waals surface area contributed by atoms with Crippen LogP contribution in [0.15, 0.2) is 24.3 Å². The van der Waals surface area contributed by atoms with Crippen molar-refractivity contribution < 1.29 is 14.3 Å². The summed E-state index contributed by atoms with van der Waals surface area (Å²) in [6.07, 6.45) is 0. The highest BCUT2D eigenvalue weighted by Gasteiger charge is 2.26. The van der Waals surface area contributed by atoms with Crippen LogP contribution < -0.4 is 10.6 Å². The van der Waals surface area contributed by atoms with Gasteiger partial charge in [-0.05, 0) is 71.6 Å². The maximum atomic E-state index is 12.4. The molecule has 0 aliphatic carbocycles. The molecule has 0 aliphatic heterocycles. The number of nitrogens with one attached hydrogen (secondary N) is 2. The number of rotatable bonds is 4. The van der Waals surface area contributed by atoms with Crippen LogP contribution in [0.5, 0.6) is 0 Å². The molecule has 6 nitrogen and oxygen atoms in total. The summed E-state index contributed by atoms with van der Waals surface area (Å²) in [4.78, 5) is 26.5. The fourth-order valence-corrected chi connectivity index (χ4v) is 4.02. The first-order chi connectivity index (χ1) is 12.2. The molecule has 138 valence electrons. The van der Waals surface area contributed by atoms with Crippen LogP contribution in [-0.2, 0) is 4.74 Å². The zero-order chi connectivity index (χ0) is 19.4. The van der Waals surface area contributed by atoms with Gasteiger partial charge >= 0.3 is 5.97 Å². The molecule has 2 N–H and O–H groups in total. The van der Waals surface area contributed by atoms with Crippen LogP contribution in [0.1, 0.15) is 25.6 Å². The lowest BCUT2D eigenvalue weighted by Gasteiger charge is -2.10. The van der Waals surface area contributed by atoms with E-state index in [4.69, 9.17) is 17.0 Å². The number of amides is 1. The molecule has 9 heteroatoms. The van der Waals surface area contributed by atoms with Crippen LogP contribution in [0.25, 0.3) is 0 Å². The third-order valence-corrected chi connectivity index (χ3v) is 5.58. The first kappa shape index (κ1) is 20.6. The van der Waals surface area contributed by atoms with Gasteiger partial charge in [0.1, 0.15) is 5.00 Å². The highest BCUT2D eigenvalue weighted by Crippen LogP contribution is 2.34. The number of carbonyl (C=O) groups is 2. The Balaban J connectivity index is 2.30. The van der Waals surface area contributed by atoms with Gasteiger partial charge in [0, 0.05) is 23.4 Å². The number of benzene rings is 1. The smallest absolute Gasteiger partial charge is 0.341 e. The van der Waals surface area contributed by atoms with Gasteiger partial charge in [-0.25, -0.2) is 4.79 Å². The Labute approximate surface area is 175 Å². The minimum absolute atomic E-state index is 0.179. The van der Waals surface area contributed by atoms with Crippen molar-refractivity contribution in [1.82, 2.24) is 4.90 Å². The van der Waals surface area contributed by atoms with E-state index >= 15 is 0 Å². The molecule has 0 atom stereocenters. The van der Waals surface area contributed by atoms with Gasteiger partial charge in [-0.3, -0.25) is 4.79 Å². The zero-order valence-electron chi connectivity index (χ0n) is 14.7. The Morgan fingerprint density at radius 2 is 1.81 bits per heavy atom. The maximum Gasteiger partial charge on any atom is 0.341 e. The second-order valence-electron chi connectivity index (χ2n) is 5.54. The minimum Gasteiger partial charge on any atom is -0.465 e. The lowest BCUT2D eigenvalue weighted by molar-refractivity contribution is 0.0601. The fourth-order valence-electron chi connectivity index (χ4n) is 2.16. The van der Waals surface area contributed by atoms with E-state index in [2.05, 4.69) is 33.2 Å². The summed E-state index contributed by atoms with van der Waals surface area (Å²) in [6.45, 7) is 1.72. The second kappa shape index (κ2) is 8.78. The first-order valence-corrected chi connectivity index (χ1v) is 9.81. The summed E-state index contributed by atoms with van der Waals surface area (Å²) >= 11 is 8.73. The largest absolute Gasteiger partial charge is 0.465 e. The number of nitrogens with zero attached hydrogens (tertiary/aromatic N) is 1. The van der Waals surface area contributed by atoms with Gasteiger partial charge in [0.05, 0.1) is 17.6 Å². The van der Waals surface area contributed by atoms with Crippen molar-refractivity contribution in [2.45, 2.75) is 6.92 Å². The zero-order valence-corrected chi connectivity index (χ0v) is 18.5. The van der Waals surface area contributed by atoms with Crippen LogP contribution in [0.3, 0.4) is 0 Å². The number of thiophene rings is 1. The van der Waals surface area contributed by atoms with Crippen LogP contribution in [0.2, 0.25) is 0 Å². The van der Waals surface area contributed by atoms with E-state index in [0.717, 1.165) is 9.26 Å². The monoisotopic (exact) mass is 503 g/mol. The summed E-state index contributed by atoms with van der Waals surface area (Å²) in [5.41, 5.74) is 1.70. The number of carbonyl (C=O) groups excluding carboxylic acids is 2. The molecule has 2 rings (SSSR count). The van der Waals surface area contributed by atoms with Gasteiger partial charge < -0.3 is 20.3 Å². The highest BCUT2D eigenvalue weighted by atomic mass is 127. The fraction of sp³-hybridized carbons (Fsp3) is 0.235. The topological polar surface area (TPSA) is 70.7 Å². The molecule has 0 spiro atoms. The molecule has 0 saturated heterocycles. The molecule has 1 heterocycles. The van der Waals surface area contributed by atoms with E-state index in [1.165, 1.54) is 23.3 Å². The standard InChI is InChI=1S/C17H18IN3O3S2/c1-9-12(16(23)24-4)14(26-13(9)15(22)21(2)3)20-17(25)19-11-7-5-10(18)6-8-11/h5-8H,1-4H3,(H2,19,20,25). The first-order valence-electron chi connectivity index (χ1n) is 7.51. The maximum absolute atomic E-state index is 12.4. The summed E-state index contributed by atoms with van der Waals surface area (Å²) < 4.78 is 5.97. The van der Waals surface area contributed by atoms with Crippen molar-refractivity contribution >= 4 is 73.8 Å². The van der Waals surface area contributed by atoms with Gasteiger partial charge in [-0.1, -0.05) is 0 Å². The lowest BCUT2D eigenvalue weighted by atomic mass is 10.1. The van der Waals surface area contributed by atoms with E-state index in [9.17, 15) is 9.59 Å². The molecule has 0 saturated carbocycles. The predicted molar refractivity (Wildman–Crippen MR) is 117 cm³/mol. The Hall–Kier alpha value is -1.72. The van der Waals surface area contributed by atoms with Gasteiger partial charge in [0.2, 0.25) is 0 Å². The number of halogens is 1. The molecular weight excluding hydrogens is 485 g/mol. The van der Waals surface area contributed by atoms with Crippen molar-refractivity contribution in [1.29, 1.82) is 0 Å². The van der Waals surface area contributed by atoms with Gasteiger partial charge in [-0.2, -0.15) is 0 Å². The Bertz CT molecular complexity index is 848. The average molecular weight is 503 g/mol. The quantitative estimate of drug-likeness (QED) is 0.374. The van der Waals surface area contributed by atoms with Crippen molar-refractivity contribution in [3.05, 3.63) is 43.8 Å². The van der Waals surface area contributed by atoms with Crippen LogP contribution >= 0.6 is 46.1 Å². The van der Waals surface area contributed by atoms with Gasteiger partial charge in [-0.15, -0.1) is 11.3 Å². The summed E-state index contributed by atoms with van der Waals surface area (Å²) in [5.74, 6) is -0.696. The summed E-state index contributed by atoms with van der Waals surface area (Å²) in [6, 6.07) is 7.71. The molecule has 1 amide bonds. The third-order valence-electron chi connectivity index (χ3n) is 3.47. The van der Waals surface area contributed by atoms with E-state index in [0.29, 0.717) is 26.1 Å². The lowest BCUT2D eigenvalue weighted by Crippen LogP contribution is -2.21. The van der Waals surface area contributed by atoms with Crippen molar-refractivity contribution in [3.63, 3.8) is 0 Å². The average Bonchev–Trinajstić information content (AvgIpc) is 2.91. The van der Waals surface area contributed by atoms with Crippen LogP contribution in [0, 0.1) is 10.5 Å². The number of hydrogen-bond acceptors (Lipinski definition) is 5. The van der Waals surface area contributed by atoms with E-state index in [-0.39, 0.29) is 5.91 Å². The molecule has 26 heavy (non-hydrogen) atoms. The van der Waals surface area contributed by atoms with E-state index in [1.807, 2.05) is 24.3 Å². The Morgan fingerprint density at radius 3 is 2.35 bits per heavy atom. The molecule has 0 aliphatic rings. The Morgan fingerprint density at radius 1 is 1.19 bits per heavy atom. The molecule has 0 unspecified atom stereocenters. The van der Waals surface area contributed by atoms with Crippen molar-refractivity contribution in [2.75, 3.05) is 31.8 Å². The highest BCUT2D eigenvalue weighted by molar-refractivity contribution is 14.1. The molecular formula is C17H18IN3O3S2. The molecule has 1 aromatic carbocycles. The SMILES string of the molecule is COC(=O)c1c(NC(=S)Nc2ccc(I)cc2)sc(C(=O)N(C)C)c1C. The number of anilines is 2. The molecule has 1 aromatic heterocycles. The number of esters is 1. The summed E-state index contributed by atoms with van der Waals surface area (Å²) in [5, 5.41) is 6.86. The molecule has 0 radical (unpaired) electrons. The van der Waals surface area contributed by atoms with Crippen molar-refractivity contribution in [2.24, 2.45) is 0 Å². The van der Waals surface area contributed by atoms with Crippen LogP contribution in [-0.4, -0.2) is 43.1 Å². The second-order valence-corrected chi connectivity index (χ2v) is 8.21. The number of methoxy groups -OCH3 is 1. The Kier molecular flexibility index (Phi) is 6.95. The van der Waals surface area contributed by atoms with Gasteiger partial charge in [0.25, 0.3) is 5.91 Å². The minimum atomic E-state index is -0.517. The molecule has 2 aromatic rings. The summed E-state index contributed by atoms with van der Waals surface area (Å²) in [7, 11) is 4.63. The molecule has 0 bridgehead atoms. The van der Waals surface area contributed by atoms with Crippen molar-refractivity contribution in [3.8, 4) is 0 Å². The third kappa shape index (κ3) is 4.71. The number of hydrogen-bond donors (Lipinski definition) is 2. The van der Waals surface area contributed by atoms with E-state index < -0.39 is 5.97 Å². The molecule has 0 fully saturated rings. The number of thiocarbonyl (C=S) groups is 1. The van der Waals surface area contributed by atoms with Crippen LogP contribution in [0.4, 0.5) is 10.7 Å².